The number of hydrogen-bond acceptors (Lipinski definition) is 2. The number of aryl methyl sites for hydroxylation is 3. The molecule has 0 aliphatic rings. The van der Waals surface area contributed by atoms with Crippen molar-refractivity contribution in [2.75, 3.05) is 4.90 Å². The average molecular weight is 281 g/mol. The van der Waals surface area contributed by atoms with Crippen LogP contribution in [0.3, 0.4) is 0 Å². The summed E-state index contributed by atoms with van der Waals surface area (Å²) in [5.41, 5.74) is 4.15. The predicted octanol–water partition coefficient (Wildman–Crippen LogP) is 3.81. The Morgan fingerprint density at radius 3 is 1.90 bits per heavy atom. The zero-order valence-corrected chi connectivity index (χ0v) is 12.8. The van der Waals surface area contributed by atoms with E-state index in [-0.39, 0.29) is 11.8 Å². The van der Waals surface area contributed by atoms with Gasteiger partial charge in [-0.25, -0.2) is 4.90 Å². The van der Waals surface area contributed by atoms with E-state index in [4.69, 9.17) is 0 Å². The lowest BCUT2D eigenvalue weighted by Gasteiger charge is -2.24. The van der Waals surface area contributed by atoms with Gasteiger partial charge in [0.15, 0.2) is 0 Å². The second-order valence-corrected chi connectivity index (χ2v) is 5.27. The SMILES string of the molecule is CC(=O)N(C(=O)c1ccccc1)c1c(C)cc(C)cc1C. The smallest absolute Gasteiger partial charge is 0.265 e. The molecule has 2 aromatic rings. The van der Waals surface area contributed by atoms with E-state index in [0.29, 0.717) is 11.3 Å². The molecule has 0 spiro atoms. The third-order valence-electron chi connectivity index (χ3n) is 3.40. The van der Waals surface area contributed by atoms with Crippen LogP contribution < -0.4 is 4.90 Å². The largest absolute Gasteiger partial charge is 0.274 e. The van der Waals surface area contributed by atoms with Crippen LogP contribution in [0.5, 0.6) is 0 Å². The Hall–Kier alpha value is -2.42. The van der Waals surface area contributed by atoms with E-state index in [1.165, 1.54) is 11.8 Å². The number of amides is 2. The van der Waals surface area contributed by atoms with Crippen molar-refractivity contribution in [1.29, 1.82) is 0 Å². The molecule has 2 aromatic carbocycles. The second-order valence-electron chi connectivity index (χ2n) is 5.27. The molecule has 0 aliphatic carbocycles. The molecule has 0 atom stereocenters. The summed E-state index contributed by atoms with van der Waals surface area (Å²) in [6.07, 6.45) is 0. The monoisotopic (exact) mass is 281 g/mol. The van der Waals surface area contributed by atoms with Crippen LogP contribution in [0.4, 0.5) is 5.69 Å². The molecule has 0 N–H and O–H groups in total. The molecule has 21 heavy (non-hydrogen) atoms. The Labute approximate surface area is 125 Å². The quantitative estimate of drug-likeness (QED) is 0.839. The number of nitrogens with zero attached hydrogens (tertiary/aromatic N) is 1. The fraction of sp³-hybridized carbons (Fsp3) is 0.222. The van der Waals surface area contributed by atoms with E-state index >= 15 is 0 Å². The van der Waals surface area contributed by atoms with E-state index < -0.39 is 0 Å². The van der Waals surface area contributed by atoms with Crippen LogP contribution >= 0.6 is 0 Å². The Morgan fingerprint density at radius 2 is 1.43 bits per heavy atom. The normalized spacial score (nSPS) is 10.3. The van der Waals surface area contributed by atoms with Crippen LogP contribution in [0.1, 0.15) is 34.0 Å². The Balaban J connectivity index is 2.56. The minimum atomic E-state index is -0.293. The molecule has 3 heteroatoms. The summed E-state index contributed by atoms with van der Waals surface area (Å²) in [5, 5.41) is 0. The number of imide groups is 1. The van der Waals surface area contributed by atoms with Crippen molar-refractivity contribution in [3.05, 3.63) is 64.7 Å². The van der Waals surface area contributed by atoms with Gasteiger partial charge in [-0.2, -0.15) is 0 Å². The van der Waals surface area contributed by atoms with E-state index in [1.54, 1.807) is 24.3 Å². The lowest BCUT2D eigenvalue weighted by atomic mass is 10.0. The highest BCUT2D eigenvalue weighted by Gasteiger charge is 2.24. The van der Waals surface area contributed by atoms with Crippen LogP contribution in [-0.4, -0.2) is 11.8 Å². The molecule has 0 radical (unpaired) electrons. The first-order valence-corrected chi connectivity index (χ1v) is 6.89. The topological polar surface area (TPSA) is 37.4 Å². The van der Waals surface area contributed by atoms with Gasteiger partial charge in [0.1, 0.15) is 0 Å². The van der Waals surface area contributed by atoms with Crippen molar-refractivity contribution in [2.45, 2.75) is 27.7 Å². The van der Waals surface area contributed by atoms with Crippen LogP contribution in [0.2, 0.25) is 0 Å². The molecule has 0 heterocycles. The molecule has 0 fully saturated rings. The van der Waals surface area contributed by atoms with Crippen molar-refractivity contribution in [3.63, 3.8) is 0 Å². The Morgan fingerprint density at radius 1 is 0.905 bits per heavy atom. The maximum absolute atomic E-state index is 12.7. The first-order chi connectivity index (χ1) is 9.91. The Kier molecular flexibility index (Phi) is 4.22. The third kappa shape index (κ3) is 3.02. The van der Waals surface area contributed by atoms with Gasteiger partial charge >= 0.3 is 0 Å². The molecule has 0 aliphatic heterocycles. The van der Waals surface area contributed by atoms with Crippen molar-refractivity contribution >= 4 is 17.5 Å². The van der Waals surface area contributed by atoms with Gasteiger partial charge in [-0.15, -0.1) is 0 Å². The van der Waals surface area contributed by atoms with Gasteiger partial charge in [0, 0.05) is 12.5 Å². The van der Waals surface area contributed by atoms with Crippen LogP contribution in [0.15, 0.2) is 42.5 Å². The number of carbonyl (C=O) groups excluding carboxylic acids is 2. The highest BCUT2D eigenvalue weighted by molar-refractivity contribution is 6.21. The lowest BCUT2D eigenvalue weighted by Crippen LogP contribution is -2.36. The molecule has 0 aromatic heterocycles. The van der Waals surface area contributed by atoms with E-state index in [9.17, 15) is 9.59 Å². The molecule has 2 rings (SSSR count). The van der Waals surface area contributed by atoms with Gasteiger partial charge in [-0.05, 0) is 44.0 Å². The summed E-state index contributed by atoms with van der Waals surface area (Å²) in [6, 6.07) is 12.8. The molecule has 0 bridgehead atoms. The minimum Gasteiger partial charge on any atom is -0.274 e. The summed E-state index contributed by atoms with van der Waals surface area (Å²) in [5.74, 6) is -0.572. The fourth-order valence-corrected chi connectivity index (χ4v) is 2.64. The van der Waals surface area contributed by atoms with E-state index in [1.807, 2.05) is 39.0 Å². The summed E-state index contributed by atoms with van der Waals surface area (Å²) in [7, 11) is 0. The second kappa shape index (κ2) is 5.92. The predicted molar refractivity (Wildman–Crippen MR) is 84.6 cm³/mol. The number of anilines is 1. The summed E-state index contributed by atoms with van der Waals surface area (Å²) in [6.45, 7) is 7.26. The maximum atomic E-state index is 12.7. The van der Waals surface area contributed by atoms with Gasteiger partial charge in [0.2, 0.25) is 5.91 Å². The van der Waals surface area contributed by atoms with Crippen LogP contribution in [-0.2, 0) is 4.79 Å². The number of carbonyl (C=O) groups is 2. The maximum Gasteiger partial charge on any atom is 0.265 e. The van der Waals surface area contributed by atoms with Crippen molar-refractivity contribution < 1.29 is 9.59 Å². The number of hydrogen-bond donors (Lipinski definition) is 0. The van der Waals surface area contributed by atoms with E-state index in [0.717, 1.165) is 16.7 Å². The summed E-state index contributed by atoms with van der Waals surface area (Å²) in [4.78, 5) is 26.0. The highest BCUT2D eigenvalue weighted by atomic mass is 16.2. The summed E-state index contributed by atoms with van der Waals surface area (Å²) < 4.78 is 0. The first-order valence-electron chi connectivity index (χ1n) is 6.89. The molecule has 0 saturated carbocycles. The molecule has 108 valence electrons. The molecule has 0 saturated heterocycles. The number of benzene rings is 2. The first kappa shape index (κ1) is 15.0. The zero-order valence-electron chi connectivity index (χ0n) is 12.8. The molecule has 2 amide bonds. The van der Waals surface area contributed by atoms with Crippen LogP contribution in [0, 0.1) is 20.8 Å². The summed E-state index contributed by atoms with van der Waals surface area (Å²) >= 11 is 0. The minimum absolute atomic E-state index is 0.279. The lowest BCUT2D eigenvalue weighted by molar-refractivity contribution is -0.115. The van der Waals surface area contributed by atoms with Crippen molar-refractivity contribution in [2.24, 2.45) is 0 Å². The standard InChI is InChI=1S/C18H19NO2/c1-12-10-13(2)17(14(3)11-12)19(15(4)20)18(21)16-8-6-5-7-9-16/h5-11H,1-4H3. The van der Waals surface area contributed by atoms with Crippen molar-refractivity contribution in [1.82, 2.24) is 0 Å². The van der Waals surface area contributed by atoms with Crippen LogP contribution in [0.25, 0.3) is 0 Å². The van der Waals surface area contributed by atoms with Crippen molar-refractivity contribution in [3.8, 4) is 0 Å². The zero-order chi connectivity index (χ0) is 15.6. The molecule has 0 unspecified atom stereocenters. The van der Waals surface area contributed by atoms with Gasteiger partial charge in [-0.3, -0.25) is 9.59 Å². The molecule has 3 nitrogen and oxygen atoms in total. The fourth-order valence-electron chi connectivity index (χ4n) is 2.64. The number of rotatable bonds is 2. The highest BCUT2D eigenvalue weighted by Crippen LogP contribution is 2.28. The van der Waals surface area contributed by atoms with Gasteiger partial charge in [0.25, 0.3) is 5.91 Å². The molecular weight excluding hydrogens is 262 g/mol. The van der Waals surface area contributed by atoms with Gasteiger partial charge < -0.3 is 0 Å². The average Bonchev–Trinajstić information content (AvgIpc) is 2.42. The Bertz CT molecular complexity index is 667. The van der Waals surface area contributed by atoms with Gasteiger partial charge in [0.05, 0.1) is 5.69 Å². The van der Waals surface area contributed by atoms with E-state index in [2.05, 4.69) is 0 Å². The van der Waals surface area contributed by atoms with Gasteiger partial charge in [-0.1, -0.05) is 35.9 Å². The third-order valence-corrected chi connectivity index (χ3v) is 3.40. The molecular formula is C18H19NO2.